The van der Waals surface area contributed by atoms with E-state index >= 15 is 0 Å². The van der Waals surface area contributed by atoms with Crippen LogP contribution in [0.15, 0.2) is 12.7 Å². The Morgan fingerprint density at radius 2 is 2.13 bits per heavy atom. The predicted molar refractivity (Wildman–Crippen MR) is 62.7 cm³/mol. The molecule has 0 saturated carbocycles. The van der Waals surface area contributed by atoms with E-state index in [0.29, 0.717) is 22.7 Å². The SMILES string of the molecule is C=CCNc1nc2c(N)nc(N)nc2s1. The van der Waals surface area contributed by atoms with Gasteiger partial charge in [0.25, 0.3) is 0 Å². The standard InChI is InChI=1S/C8H10N6S/c1-2-3-11-8-12-4-5(9)13-7(10)14-6(4)15-8/h2H,1,3H2,(H,11,12)(H4,9,10,13,14). The van der Waals surface area contributed by atoms with Gasteiger partial charge < -0.3 is 16.8 Å². The van der Waals surface area contributed by atoms with Crippen LogP contribution in [0.5, 0.6) is 0 Å². The maximum absolute atomic E-state index is 5.66. The number of nitrogens with one attached hydrogen (secondary N) is 1. The second-order valence-electron chi connectivity index (χ2n) is 2.81. The molecule has 5 N–H and O–H groups in total. The molecule has 2 rings (SSSR count). The van der Waals surface area contributed by atoms with Gasteiger partial charge in [-0.1, -0.05) is 17.4 Å². The lowest BCUT2D eigenvalue weighted by Gasteiger charge is -1.94. The van der Waals surface area contributed by atoms with Gasteiger partial charge >= 0.3 is 0 Å². The topological polar surface area (TPSA) is 103 Å². The summed E-state index contributed by atoms with van der Waals surface area (Å²) in [4.78, 5) is 12.8. The summed E-state index contributed by atoms with van der Waals surface area (Å²) < 4.78 is 0. The van der Waals surface area contributed by atoms with Gasteiger partial charge in [0.05, 0.1) is 0 Å². The molecular weight excluding hydrogens is 212 g/mol. The van der Waals surface area contributed by atoms with Crippen molar-refractivity contribution in [3.8, 4) is 0 Å². The molecule has 0 saturated heterocycles. The van der Waals surface area contributed by atoms with Crippen LogP contribution in [0.2, 0.25) is 0 Å². The van der Waals surface area contributed by atoms with Gasteiger partial charge in [0.2, 0.25) is 5.95 Å². The number of hydrogen-bond acceptors (Lipinski definition) is 7. The van der Waals surface area contributed by atoms with Gasteiger partial charge in [0.15, 0.2) is 15.8 Å². The van der Waals surface area contributed by atoms with Gasteiger partial charge in [-0.15, -0.1) is 6.58 Å². The first-order valence-electron chi connectivity index (χ1n) is 4.25. The molecule has 6 nitrogen and oxygen atoms in total. The summed E-state index contributed by atoms with van der Waals surface area (Å²) in [5.41, 5.74) is 11.7. The van der Waals surface area contributed by atoms with Crippen molar-refractivity contribution in [3.05, 3.63) is 12.7 Å². The van der Waals surface area contributed by atoms with Crippen LogP contribution in [0.4, 0.5) is 16.9 Å². The van der Waals surface area contributed by atoms with Gasteiger partial charge in [-0.05, 0) is 0 Å². The number of nitrogens with two attached hydrogens (primary N) is 2. The van der Waals surface area contributed by atoms with E-state index in [-0.39, 0.29) is 5.95 Å². The van der Waals surface area contributed by atoms with Crippen molar-refractivity contribution in [3.63, 3.8) is 0 Å². The summed E-state index contributed by atoms with van der Waals surface area (Å²) in [7, 11) is 0. The molecule has 15 heavy (non-hydrogen) atoms. The van der Waals surface area contributed by atoms with Crippen LogP contribution in [0.25, 0.3) is 10.3 Å². The molecule has 0 aliphatic heterocycles. The molecule has 78 valence electrons. The highest BCUT2D eigenvalue weighted by Gasteiger charge is 2.09. The Kier molecular flexibility index (Phi) is 2.38. The van der Waals surface area contributed by atoms with Crippen molar-refractivity contribution in [1.29, 1.82) is 0 Å². The van der Waals surface area contributed by atoms with E-state index in [1.807, 2.05) is 0 Å². The zero-order valence-corrected chi connectivity index (χ0v) is 8.71. The lowest BCUT2D eigenvalue weighted by molar-refractivity contribution is 1.24. The number of aromatic nitrogens is 3. The Morgan fingerprint density at radius 3 is 2.87 bits per heavy atom. The fourth-order valence-electron chi connectivity index (χ4n) is 1.10. The molecule has 2 heterocycles. The van der Waals surface area contributed by atoms with E-state index in [1.165, 1.54) is 11.3 Å². The third kappa shape index (κ3) is 1.82. The highest BCUT2D eigenvalue weighted by atomic mass is 32.1. The van der Waals surface area contributed by atoms with Gasteiger partial charge in [-0.2, -0.15) is 4.98 Å². The summed E-state index contributed by atoms with van der Waals surface area (Å²) >= 11 is 1.38. The molecule has 2 aromatic rings. The minimum Gasteiger partial charge on any atom is -0.382 e. The molecule has 2 aromatic heterocycles. The molecule has 0 amide bonds. The monoisotopic (exact) mass is 222 g/mol. The number of rotatable bonds is 3. The van der Waals surface area contributed by atoms with Crippen molar-refractivity contribution >= 4 is 38.6 Å². The first-order chi connectivity index (χ1) is 7.20. The molecule has 0 aliphatic carbocycles. The molecule has 0 spiro atoms. The van der Waals surface area contributed by atoms with Crippen LogP contribution < -0.4 is 16.8 Å². The normalized spacial score (nSPS) is 10.4. The lowest BCUT2D eigenvalue weighted by atomic mass is 10.5. The summed E-state index contributed by atoms with van der Waals surface area (Å²) in [6.45, 7) is 4.24. The van der Waals surface area contributed by atoms with Crippen molar-refractivity contribution in [2.75, 3.05) is 23.3 Å². The number of thiazole rings is 1. The van der Waals surface area contributed by atoms with Gasteiger partial charge in [-0.25, -0.2) is 9.97 Å². The van der Waals surface area contributed by atoms with Crippen molar-refractivity contribution in [2.24, 2.45) is 0 Å². The van der Waals surface area contributed by atoms with Crippen LogP contribution in [0.3, 0.4) is 0 Å². The fourth-order valence-corrected chi connectivity index (χ4v) is 1.96. The quantitative estimate of drug-likeness (QED) is 0.665. The minimum atomic E-state index is 0.166. The Labute approximate surface area is 90.0 Å². The maximum Gasteiger partial charge on any atom is 0.223 e. The summed E-state index contributed by atoms with van der Waals surface area (Å²) in [5.74, 6) is 0.472. The zero-order valence-electron chi connectivity index (χ0n) is 7.90. The third-order valence-electron chi connectivity index (χ3n) is 1.70. The van der Waals surface area contributed by atoms with Crippen LogP contribution in [0.1, 0.15) is 0 Å². The molecule has 0 unspecified atom stereocenters. The summed E-state index contributed by atoms with van der Waals surface area (Å²) in [5, 5.41) is 3.79. The Bertz CT molecular complexity index is 505. The average Bonchev–Trinajstić information content (AvgIpc) is 2.57. The first kappa shape index (κ1) is 9.66. The van der Waals surface area contributed by atoms with Gasteiger partial charge in [0.1, 0.15) is 5.52 Å². The Morgan fingerprint density at radius 1 is 1.33 bits per heavy atom. The van der Waals surface area contributed by atoms with E-state index in [2.05, 4.69) is 26.8 Å². The lowest BCUT2D eigenvalue weighted by Crippen LogP contribution is -1.99. The van der Waals surface area contributed by atoms with E-state index in [4.69, 9.17) is 11.5 Å². The second-order valence-corrected chi connectivity index (χ2v) is 3.79. The predicted octanol–water partition coefficient (Wildman–Crippen LogP) is 0.849. The van der Waals surface area contributed by atoms with E-state index in [9.17, 15) is 0 Å². The molecule has 0 fully saturated rings. The number of hydrogen-bond donors (Lipinski definition) is 3. The fraction of sp³-hybridized carbons (Fsp3) is 0.125. The largest absolute Gasteiger partial charge is 0.382 e. The van der Waals surface area contributed by atoms with Crippen LogP contribution in [0, 0.1) is 0 Å². The smallest absolute Gasteiger partial charge is 0.223 e. The molecule has 0 radical (unpaired) electrons. The molecule has 0 bridgehead atoms. The Hall–Kier alpha value is -1.89. The third-order valence-corrected chi connectivity index (χ3v) is 2.61. The number of fused-ring (bicyclic) bond motifs is 1. The number of nitrogens with zero attached hydrogens (tertiary/aromatic N) is 3. The van der Waals surface area contributed by atoms with Crippen LogP contribution in [-0.2, 0) is 0 Å². The van der Waals surface area contributed by atoms with Crippen molar-refractivity contribution < 1.29 is 0 Å². The van der Waals surface area contributed by atoms with E-state index in [0.717, 1.165) is 5.13 Å². The minimum absolute atomic E-state index is 0.166. The van der Waals surface area contributed by atoms with E-state index < -0.39 is 0 Å². The first-order valence-corrected chi connectivity index (χ1v) is 5.06. The van der Waals surface area contributed by atoms with Crippen LogP contribution >= 0.6 is 11.3 Å². The second kappa shape index (κ2) is 3.70. The highest BCUT2D eigenvalue weighted by molar-refractivity contribution is 7.21. The van der Waals surface area contributed by atoms with Crippen molar-refractivity contribution in [1.82, 2.24) is 15.0 Å². The average molecular weight is 222 g/mol. The van der Waals surface area contributed by atoms with Crippen LogP contribution in [-0.4, -0.2) is 21.5 Å². The highest BCUT2D eigenvalue weighted by Crippen LogP contribution is 2.27. The molecule has 0 aromatic carbocycles. The summed E-state index contributed by atoms with van der Waals surface area (Å²) in [6, 6.07) is 0. The zero-order chi connectivity index (χ0) is 10.8. The molecule has 0 atom stereocenters. The maximum atomic E-state index is 5.66. The molecule has 0 aliphatic rings. The molecule has 7 heteroatoms. The van der Waals surface area contributed by atoms with Gasteiger partial charge in [-0.3, -0.25) is 0 Å². The molecular formula is C8H10N6S. The number of anilines is 3. The van der Waals surface area contributed by atoms with Gasteiger partial charge in [0, 0.05) is 6.54 Å². The van der Waals surface area contributed by atoms with Crippen molar-refractivity contribution in [2.45, 2.75) is 0 Å². The Balaban J connectivity index is 2.45. The number of nitrogen functional groups attached to an aromatic ring is 2. The van der Waals surface area contributed by atoms with E-state index in [1.54, 1.807) is 6.08 Å². The summed E-state index contributed by atoms with van der Waals surface area (Å²) in [6.07, 6.45) is 1.75.